The van der Waals surface area contributed by atoms with Crippen molar-refractivity contribution >= 4 is 35.0 Å². The fourth-order valence-electron chi connectivity index (χ4n) is 2.53. The highest BCUT2D eigenvalue weighted by Crippen LogP contribution is 2.15. The standard InChI is InChI=1S/C22H20ClN3O5/c23-16-5-9-18(10-6-16)31-14-20(27)26-17-7-3-15(4-8-17)21(28)24-11-12-25-22(29)19-2-1-13-30-19/h1-10,13H,11-12,14H2,(H,24,28)(H,25,29)(H,26,27). The summed E-state index contributed by atoms with van der Waals surface area (Å²) in [6, 6.07) is 16.3. The minimum Gasteiger partial charge on any atom is -0.484 e. The maximum absolute atomic E-state index is 12.2. The topological polar surface area (TPSA) is 110 Å². The first-order valence-electron chi connectivity index (χ1n) is 9.39. The first-order chi connectivity index (χ1) is 15.0. The summed E-state index contributed by atoms with van der Waals surface area (Å²) in [5.41, 5.74) is 0.958. The van der Waals surface area contributed by atoms with Crippen molar-refractivity contribution in [2.45, 2.75) is 0 Å². The molecule has 3 amide bonds. The highest BCUT2D eigenvalue weighted by Gasteiger charge is 2.09. The molecule has 160 valence electrons. The molecule has 9 heteroatoms. The molecule has 0 unspecified atom stereocenters. The van der Waals surface area contributed by atoms with Crippen molar-refractivity contribution < 1.29 is 23.5 Å². The van der Waals surface area contributed by atoms with Gasteiger partial charge >= 0.3 is 0 Å². The summed E-state index contributed by atoms with van der Waals surface area (Å²) < 4.78 is 10.4. The quantitative estimate of drug-likeness (QED) is 0.442. The number of halogens is 1. The van der Waals surface area contributed by atoms with Crippen LogP contribution in [0.5, 0.6) is 5.75 Å². The van der Waals surface area contributed by atoms with E-state index in [-0.39, 0.29) is 43.2 Å². The second-order valence-corrected chi connectivity index (χ2v) is 6.79. The number of ether oxygens (including phenoxy) is 1. The van der Waals surface area contributed by atoms with E-state index in [1.807, 2.05) is 0 Å². The Kier molecular flexibility index (Phi) is 7.67. The van der Waals surface area contributed by atoms with Gasteiger partial charge in [0.2, 0.25) is 0 Å². The molecule has 31 heavy (non-hydrogen) atoms. The minimum atomic E-state index is -0.348. The third kappa shape index (κ3) is 6.90. The Morgan fingerprint density at radius 2 is 1.55 bits per heavy atom. The lowest BCUT2D eigenvalue weighted by Crippen LogP contribution is -2.34. The highest BCUT2D eigenvalue weighted by atomic mass is 35.5. The van der Waals surface area contributed by atoms with Crippen LogP contribution in [-0.4, -0.2) is 37.4 Å². The molecule has 1 heterocycles. The zero-order chi connectivity index (χ0) is 22.1. The predicted molar refractivity (Wildman–Crippen MR) is 115 cm³/mol. The summed E-state index contributed by atoms with van der Waals surface area (Å²) in [6.45, 7) is 0.354. The average Bonchev–Trinajstić information content (AvgIpc) is 3.32. The molecule has 0 aliphatic carbocycles. The van der Waals surface area contributed by atoms with Crippen LogP contribution in [0.15, 0.2) is 71.3 Å². The number of amides is 3. The number of carbonyl (C=O) groups is 3. The van der Waals surface area contributed by atoms with Gasteiger partial charge in [-0.2, -0.15) is 0 Å². The number of hydrogen-bond acceptors (Lipinski definition) is 5. The zero-order valence-corrected chi connectivity index (χ0v) is 17.1. The summed E-state index contributed by atoms with van der Waals surface area (Å²) in [5.74, 6) is -0.232. The van der Waals surface area contributed by atoms with Gasteiger partial charge in [0.25, 0.3) is 17.7 Å². The molecule has 0 bridgehead atoms. The highest BCUT2D eigenvalue weighted by molar-refractivity contribution is 6.30. The lowest BCUT2D eigenvalue weighted by Gasteiger charge is -2.09. The number of furan rings is 1. The number of carbonyl (C=O) groups excluding carboxylic acids is 3. The van der Waals surface area contributed by atoms with Crippen molar-refractivity contribution in [2.75, 3.05) is 25.0 Å². The van der Waals surface area contributed by atoms with Crippen LogP contribution in [0.4, 0.5) is 5.69 Å². The SMILES string of the molecule is O=C(COc1ccc(Cl)cc1)Nc1ccc(C(=O)NCCNC(=O)c2ccco2)cc1. The maximum Gasteiger partial charge on any atom is 0.287 e. The Labute approximate surface area is 183 Å². The van der Waals surface area contributed by atoms with Crippen LogP contribution in [0.25, 0.3) is 0 Å². The van der Waals surface area contributed by atoms with Crippen molar-refractivity contribution in [3.05, 3.63) is 83.3 Å². The second kappa shape index (κ2) is 10.8. The normalized spacial score (nSPS) is 10.2. The van der Waals surface area contributed by atoms with Gasteiger partial charge in [-0.05, 0) is 60.7 Å². The van der Waals surface area contributed by atoms with Crippen LogP contribution in [-0.2, 0) is 4.79 Å². The van der Waals surface area contributed by atoms with Gasteiger partial charge in [0.15, 0.2) is 12.4 Å². The van der Waals surface area contributed by atoms with Crippen molar-refractivity contribution in [3.8, 4) is 5.75 Å². The van der Waals surface area contributed by atoms with Crippen LogP contribution in [0, 0.1) is 0 Å². The van der Waals surface area contributed by atoms with Gasteiger partial charge in [0.05, 0.1) is 6.26 Å². The Morgan fingerprint density at radius 3 is 2.19 bits per heavy atom. The third-order valence-corrected chi connectivity index (χ3v) is 4.31. The molecule has 0 spiro atoms. The van der Waals surface area contributed by atoms with E-state index in [1.54, 1.807) is 60.7 Å². The molecular formula is C22H20ClN3O5. The van der Waals surface area contributed by atoms with E-state index in [2.05, 4.69) is 16.0 Å². The number of benzene rings is 2. The Hall–Kier alpha value is -3.78. The van der Waals surface area contributed by atoms with Gasteiger partial charge in [-0.1, -0.05) is 11.6 Å². The number of hydrogen-bond donors (Lipinski definition) is 3. The zero-order valence-electron chi connectivity index (χ0n) is 16.4. The van der Waals surface area contributed by atoms with Crippen molar-refractivity contribution in [2.24, 2.45) is 0 Å². The first kappa shape index (κ1) is 21.9. The summed E-state index contributed by atoms with van der Waals surface area (Å²) >= 11 is 5.80. The van der Waals surface area contributed by atoms with E-state index in [1.165, 1.54) is 6.26 Å². The lowest BCUT2D eigenvalue weighted by atomic mass is 10.2. The number of anilines is 1. The maximum atomic E-state index is 12.2. The van der Waals surface area contributed by atoms with Crippen LogP contribution in [0.1, 0.15) is 20.9 Å². The van der Waals surface area contributed by atoms with Crippen LogP contribution < -0.4 is 20.7 Å². The summed E-state index contributed by atoms with van der Waals surface area (Å²) in [7, 11) is 0. The molecule has 2 aromatic carbocycles. The van der Waals surface area contributed by atoms with Crippen molar-refractivity contribution in [3.63, 3.8) is 0 Å². The molecule has 0 radical (unpaired) electrons. The molecule has 0 aliphatic heterocycles. The Morgan fingerprint density at radius 1 is 0.871 bits per heavy atom. The molecule has 0 saturated heterocycles. The van der Waals surface area contributed by atoms with E-state index >= 15 is 0 Å². The third-order valence-electron chi connectivity index (χ3n) is 4.06. The van der Waals surface area contributed by atoms with Crippen molar-refractivity contribution in [1.29, 1.82) is 0 Å². The smallest absolute Gasteiger partial charge is 0.287 e. The van der Waals surface area contributed by atoms with Gasteiger partial charge < -0.3 is 25.1 Å². The summed E-state index contributed by atoms with van der Waals surface area (Å²) in [4.78, 5) is 35.9. The van der Waals surface area contributed by atoms with Gasteiger partial charge in [0.1, 0.15) is 5.75 Å². The lowest BCUT2D eigenvalue weighted by molar-refractivity contribution is -0.118. The molecular weight excluding hydrogens is 422 g/mol. The number of rotatable bonds is 9. The first-order valence-corrected chi connectivity index (χ1v) is 9.77. The van der Waals surface area contributed by atoms with Gasteiger partial charge in [-0.15, -0.1) is 0 Å². The van der Waals surface area contributed by atoms with E-state index in [0.717, 1.165) is 0 Å². The summed E-state index contributed by atoms with van der Waals surface area (Å²) in [6.07, 6.45) is 1.41. The van der Waals surface area contributed by atoms with Gasteiger partial charge in [0, 0.05) is 29.4 Å². The van der Waals surface area contributed by atoms with E-state index in [4.69, 9.17) is 20.8 Å². The molecule has 0 fully saturated rings. The fraction of sp³-hybridized carbons (Fsp3) is 0.136. The van der Waals surface area contributed by atoms with E-state index in [9.17, 15) is 14.4 Å². The van der Waals surface area contributed by atoms with Gasteiger partial charge in [-0.25, -0.2) is 0 Å². The fourth-order valence-corrected chi connectivity index (χ4v) is 2.66. The van der Waals surface area contributed by atoms with E-state index in [0.29, 0.717) is 22.0 Å². The molecule has 3 N–H and O–H groups in total. The number of nitrogens with one attached hydrogen (secondary N) is 3. The van der Waals surface area contributed by atoms with Crippen LogP contribution in [0.2, 0.25) is 5.02 Å². The van der Waals surface area contributed by atoms with Crippen LogP contribution >= 0.6 is 11.6 Å². The molecule has 0 aliphatic rings. The predicted octanol–water partition coefficient (Wildman–Crippen LogP) is 3.11. The monoisotopic (exact) mass is 441 g/mol. The summed E-state index contributed by atoms with van der Waals surface area (Å²) in [5, 5.41) is 8.61. The van der Waals surface area contributed by atoms with Gasteiger partial charge in [-0.3, -0.25) is 14.4 Å². The second-order valence-electron chi connectivity index (χ2n) is 6.36. The molecule has 0 saturated carbocycles. The molecule has 3 rings (SSSR count). The molecule has 3 aromatic rings. The van der Waals surface area contributed by atoms with E-state index < -0.39 is 0 Å². The molecule has 8 nitrogen and oxygen atoms in total. The largest absolute Gasteiger partial charge is 0.484 e. The average molecular weight is 442 g/mol. The Bertz CT molecular complexity index is 1020. The van der Waals surface area contributed by atoms with Crippen molar-refractivity contribution in [1.82, 2.24) is 10.6 Å². The Balaban J connectivity index is 1.38. The molecule has 0 atom stereocenters. The minimum absolute atomic E-state index is 0.159. The molecule has 1 aromatic heterocycles. The van der Waals surface area contributed by atoms with Crippen LogP contribution in [0.3, 0.4) is 0 Å².